The van der Waals surface area contributed by atoms with Gasteiger partial charge in [0, 0.05) is 44.8 Å². The number of ether oxygens (including phenoxy) is 3. The first-order chi connectivity index (χ1) is 16.0. The predicted molar refractivity (Wildman–Crippen MR) is 133 cm³/mol. The van der Waals surface area contributed by atoms with Gasteiger partial charge in [0.1, 0.15) is 19.1 Å². The maximum Gasteiger partial charge on any atom is 0.163 e. The van der Waals surface area contributed by atoms with Crippen LogP contribution in [0.4, 0.5) is 5.69 Å². The van der Waals surface area contributed by atoms with Crippen LogP contribution in [0.3, 0.4) is 0 Å². The van der Waals surface area contributed by atoms with Gasteiger partial charge >= 0.3 is 0 Å². The molecule has 0 aromatic heterocycles. The fraction of sp³-hybridized carbons (Fsp3) is 0.519. The van der Waals surface area contributed by atoms with Gasteiger partial charge in [0.2, 0.25) is 0 Å². The number of carbonyl (C=O) groups is 1. The summed E-state index contributed by atoms with van der Waals surface area (Å²) in [6.45, 7) is 5.88. The smallest absolute Gasteiger partial charge is 0.163 e. The fourth-order valence-corrected chi connectivity index (χ4v) is 4.43. The van der Waals surface area contributed by atoms with Crippen LogP contribution < -0.4 is 14.4 Å². The van der Waals surface area contributed by atoms with Crippen LogP contribution in [-0.4, -0.2) is 64.9 Å². The number of carbonyl (C=O) groups excluding carboxylic acids is 1. The molecule has 0 bridgehead atoms. The van der Waals surface area contributed by atoms with E-state index < -0.39 is 0 Å². The standard InChI is InChI=1S/C27H38N2O4/c1-21-9-8-10-22(17-21)23(20-30)18-27(32-4)28(2)24-11-12-25(31-3)26(19-24)33-16-15-29-13-6-5-7-14-29/h8-12,17,19-20,23,27H,5-7,13-16,18H2,1-4H3. The third-order valence-electron chi connectivity index (χ3n) is 6.46. The second kappa shape index (κ2) is 12.6. The van der Waals surface area contributed by atoms with Gasteiger partial charge < -0.3 is 23.9 Å². The van der Waals surface area contributed by atoms with Gasteiger partial charge in [-0.05, 0) is 50.6 Å². The second-order valence-corrected chi connectivity index (χ2v) is 8.78. The van der Waals surface area contributed by atoms with Crippen molar-refractivity contribution in [2.24, 2.45) is 0 Å². The monoisotopic (exact) mass is 454 g/mol. The minimum Gasteiger partial charge on any atom is -0.493 e. The Morgan fingerprint density at radius 2 is 1.85 bits per heavy atom. The molecular weight excluding hydrogens is 416 g/mol. The van der Waals surface area contributed by atoms with Crippen molar-refractivity contribution in [3.8, 4) is 11.5 Å². The lowest BCUT2D eigenvalue weighted by Gasteiger charge is -2.31. The lowest BCUT2D eigenvalue weighted by atomic mass is 9.94. The van der Waals surface area contributed by atoms with Crippen LogP contribution in [0.15, 0.2) is 42.5 Å². The molecule has 0 saturated carbocycles. The van der Waals surface area contributed by atoms with Gasteiger partial charge in [0.05, 0.1) is 7.11 Å². The van der Waals surface area contributed by atoms with Crippen molar-refractivity contribution in [3.05, 3.63) is 53.6 Å². The van der Waals surface area contributed by atoms with Gasteiger partial charge in [0.15, 0.2) is 11.5 Å². The minimum absolute atomic E-state index is 0.240. The van der Waals surface area contributed by atoms with Crippen molar-refractivity contribution in [1.29, 1.82) is 0 Å². The number of aldehydes is 1. The van der Waals surface area contributed by atoms with E-state index in [0.717, 1.165) is 48.5 Å². The minimum atomic E-state index is -0.268. The number of piperidine rings is 1. The van der Waals surface area contributed by atoms with E-state index in [1.54, 1.807) is 14.2 Å². The summed E-state index contributed by atoms with van der Waals surface area (Å²) in [5.74, 6) is 1.19. The van der Waals surface area contributed by atoms with E-state index >= 15 is 0 Å². The first kappa shape index (κ1) is 25.1. The van der Waals surface area contributed by atoms with Gasteiger partial charge in [-0.2, -0.15) is 0 Å². The van der Waals surface area contributed by atoms with Gasteiger partial charge in [-0.3, -0.25) is 4.90 Å². The number of aryl methyl sites for hydroxylation is 1. The van der Waals surface area contributed by atoms with Crippen LogP contribution in [0, 0.1) is 6.92 Å². The largest absolute Gasteiger partial charge is 0.493 e. The van der Waals surface area contributed by atoms with Crippen molar-refractivity contribution >= 4 is 12.0 Å². The zero-order chi connectivity index (χ0) is 23.6. The number of rotatable bonds is 12. The molecule has 180 valence electrons. The SMILES string of the molecule is COc1ccc(N(C)C(CC(C=O)c2cccc(C)c2)OC)cc1OCCN1CCCCC1. The molecule has 0 amide bonds. The van der Waals surface area contributed by atoms with Crippen LogP contribution in [0.1, 0.15) is 42.7 Å². The normalized spacial score (nSPS) is 16.1. The molecule has 6 heteroatoms. The number of hydrogen-bond donors (Lipinski definition) is 0. The van der Waals surface area contributed by atoms with Crippen LogP contribution >= 0.6 is 0 Å². The third kappa shape index (κ3) is 6.95. The highest BCUT2D eigenvalue weighted by Gasteiger charge is 2.22. The molecule has 2 unspecified atom stereocenters. The fourth-order valence-electron chi connectivity index (χ4n) is 4.43. The van der Waals surface area contributed by atoms with Crippen molar-refractivity contribution in [3.63, 3.8) is 0 Å². The number of methoxy groups -OCH3 is 2. The van der Waals surface area contributed by atoms with Gasteiger partial charge in [-0.15, -0.1) is 0 Å². The van der Waals surface area contributed by atoms with E-state index in [2.05, 4.69) is 11.0 Å². The number of likely N-dealkylation sites (tertiary alicyclic amines) is 1. The molecule has 1 heterocycles. The highest BCUT2D eigenvalue weighted by molar-refractivity contribution is 5.63. The number of hydrogen-bond acceptors (Lipinski definition) is 6. The van der Waals surface area contributed by atoms with E-state index in [1.165, 1.54) is 19.3 Å². The maximum atomic E-state index is 11.9. The zero-order valence-corrected chi connectivity index (χ0v) is 20.5. The van der Waals surface area contributed by atoms with E-state index in [9.17, 15) is 4.79 Å². The molecule has 2 atom stereocenters. The van der Waals surface area contributed by atoms with Gasteiger partial charge in [0.25, 0.3) is 0 Å². The molecule has 33 heavy (non-hydrogen) atoms. The predicted octanol–water partition coefficient (Wildman–Crippen LogP) is 4.65. The molecule has 2 aromatic rings. The molecule has 1 aliphatic heterocycles. The van der Waals surface area contributed by atoms with Crippen LogP contribution in [0.2, 0.25) is 0 Å². The van der Waals surface area contributed by atoms with E-state index in [0.29, 0.717) is 18.8 Å². The molecule has 0 aliphatic carbocycles. The average Bonchev–Trinajstić information content (AvgIpc) is 2.85. The Balaban J connectivity index is 1.69. The Morgan fingerprint density at radius 3 is 2.52 bits per heavy atom. The highest BCUT2D eigenvalue weighted by atomic mass is 16.5. The summed E-state index contributed by atoms with van der Waals surface area (Å²) in [5.41, 5.74) is 3.10. The second-order valence-electron chi connectivity index (χ2n) is 8.78. The lowest BCUT2D eigenvalue weighted by molar-refractivity contribution is -0.109. The van der Waals surface area contributed by atoms with Gasteiger partial charge in [-0.25, -0.2) is 0 Å². The quantitative estimate of drug-likeness (QED) is 0.344. The van der Waals surface area contributed by atoms with E-state index in [1.807, 2.05) is 55.3 Å². The topological polar surface area (TPSA) is 51.2 Å². The van der Waals surface area contributed by atoms with Crippen molar-refractivity contribution in [1.82, 2.24) is 4.90 Å². The van der Waals surface area contributed by atoms with Crippen LogP contribution in [-0.2, 0) is 9.53 Å². The molecule has 3 rings (SSSR count). The molecule has 1 aliphatic rings. The molecule has 0 N–H and O–H groups in total. The number of nitrogens with zero attached hydrogens (tertiary/aromatic N) is 2. The average molecular weight is 455 g/mol. The van der Waals surface area contributed by atoms with E-state index in [-0.39, 0.29) is 12.1 Å². The Bertz CT molecular complexity index is 882. The summed E-state index contributed by atoms with van der Waals surface area (Å²) in [7, 11) is 5.31. The highest BCUT2D eigenvalue weighted by Crippen LogP contribution is 2.33. The molecule has 6 nitrogen and oxygen atoms in total. The molecule has 0 spiro atoms. The third-order valence-corrected chi connectivity index (χ3v) is 6.46. The Labute approximate surface area is 198 Å². The summed E-state index contributed by atoms with van der Waals surface area (Å²) in [5, 5.41) is 0. The summed E-state index contributed by atoms with van der Waals surface area (Å²) < 4.78 is 17.5. The zero-order valence-electron chi connectivity index (χ0n) is 20.5. The van der Waals surface area contributed by atoms with Crippen LogP contribution in [0.25, 0.3) is 0 Å². The first-order valence-corrected chi connectivity index (χ1v) is 11.9. The molecular formula is C27H38N2O4. The van der Waals surface area contributed by atoms with E-state index in [4.69, 9.17) is 14.2 Å². The summed E-state index contributed by atoms with van der Waals surface area (Å²) in [6.07, 6.45) is 5.16. The summed E-state index contributed by atoms with van der Waals surface area (Å²) >= 11 is 0. The number of benzene rings is 2. The molecule has 0 radical (unpaired) electrons. The van der Waals surface area contributed by atoms with Crippen LogP contribution in [0.5, 0.6) is 11.5 Å². The molecule has 1 fully saturated rings. The van der Waals surface area contributed by atoms with Crippen molar-refractivity contribution in [2.45, 2.75) is 44.8 Å². The number of anilines is 1. The Hall–Kier alpha value is -2.57. The van der Waals surface area contributed by atoms with Gasteiger partial charge in [-0.1, -0.05) is 36.2 Å². The Morgan fingerprint density at radius 1 is 1.06 bits per heavy atom. The molecule has 1 saturated heterocycles. The maximum absolute atomic E-state index is 11.9. The molecule has 2 aromatic carbocycles. The first-order valence-electron chi connectivity index (χ1n) is 11.9. The van der Waals surface area contributed by atoms with Crippen molar-refractivity contribution in [2.75, 3.05) is 52.4 Å². The Kier molecular flexibility index (Phi) is 9.58. The summed E-state index contributed by atoms with van der Waals surface area (Å²) in [6, 6.07) is 14.0. The lowest BCUT2D eigenvalue weighted by Crippen LogP contribution is -2.35. The summed E-state index contributed by atoms with van der Waals surface area (Å²) in [4.78, 5) is 16.4. The van der Waals surface area contributed by atoms with Crippen molar-refractivity contribution < 1.29 is 19.0 Å².